The zero-order valence-corrected chi connectivity index (χ0v) is 15.4. The smallest absolute Gasteiger partial charge is 0.319 e. The van der Waals surface area contributed by atoms with Gasteiger partial charge in [-0.25, -0.2) is 9.18 Å². The first-order chi connectivity index (χ1) is 12.8. The normalized spacial score (nSPS) is 15.2. The molecule has 148 valence electrons. The number of hydrogen-bond acceptors (Lipinski definition) is 4. The van der Waals surface area contributed by atoms with Gasteiger partial charge in [-0.3, -0.25) is 9.59 Å². The summed E-state index contributed by atoms with van der Waals surface area (Å²) in [6.07, 6.45) is 2.34. The number of likely N-dealkylation sites (tertiary alicyclic amines) is 1. The highest BCUT2D eigenvalue weighted by atomic mass is 19.1. The third-order valence-corrected chi connectivity index (χ3v) is 4.46. The lowest BCUT2D eigenvalue weighted by Gasteiger charge is -2.30. The molecule has 0 bridgehead atoms. The molecule has 0 spiro atoms. The lowest BCUT2D eigenvalue weighted by atomic mass is 9.96. The number of carbonyl (C=O) groups is 3. The second-order valence-electron chi connectivity index (χ2n) is 6.63. The van der Waals surface area contributed by atoms with Crippen molar-refractivity contribution in [3.8, 4) is 0 Å². The van der Waals surface area contributed by atoms with Crippen molar-refractivity contribution >= 4 is 29.2 Å². The molecule has 5 N–H and O–H groups in total. The van der Waals surface area contributed by atoms with Crippen molar-refractivity contribution in [1.29, 1.82) is 0 Å². The van der Waals surface area contributed by atoms with Crippen LogP contribution in [0.5, 0.6) is 0 Å². The first-order valence-electron chi connectivity index (χ1n) is 8.99. The van der Waals surface area contributed by atoms with E-state index in [-0.39, 0.29) is 17.5 Å². The zero-order valence-electron chi connectivity index (χ0n) is 15.4. The number of primary amides is 1. The molecular weight excluding hydrogens is 353 g/mol. The topological polar surface area (TPSA) is 117 Å². The monoisotopic (exact) mass is 379 g/mol. The maximum absolute atomic E-state index is 13.6. The molecule has 2 rings (SSSR count). The number of anilines is 2. The van der Waals surface area contributed by atoms with Gasteiger partial charge in [-0.1, -0.05) is 0 Å². The molecule has 0 radical (unpaired) electrons. The first kappa shape index (κ1) is 20.6. The first-order valence-corrected chi connectivity index (χ1v) is 8.99. The fourth-order valence-corrected chi connectivity index (χ4v) is 3.01. The Morgan fingerprint density at radius 1 is 1.22 bits per heavy atom. The van der Waals surface area contributed by atoms with E-state index >= 15 is 0 Å². The highest BCUT2D eigenvalue weighted by Crippen LogP contribution is 2.19. The van der Waals surface area contributed by atoms with Crippen LogP contribution in [0.2, 0.25) is 0 Å². The summed E-state index contributed by atoms with van der Waals surface area (Å²) in [5.41, 5.74) is 5.71. The number of halogens is 1. The number of nitrogens with one attached hydrogen (secondary N) is 3. The molecule has 0 unspecified atom stereocenters. The molecule has 8 nitrogen and oxygen atoms in total. The van der Waals surface area contributed by atoms with Crippen LogP contribution in [-0.2, 0) is 9.59 Å². The molecule has 1 aliphatic heterocycles. The third kappa shape index (κ3) is 6.86. The van der Waals surface area contributed by atoms with Crippen molar-refractivity contribution in [3.63, 3.8) is 0 Å². The highest BCUT2D eigenvalue weighted by Gasteiger charge is 2.22. The van der Waals surface area contributed by atoms with Gasteiger partial charge in [0.15, 0.2) is 0 Å². The van der Waals surface area contributed by atoms with Gasteiger partial charge in [0.1, 0.15) is 5.82 Å². The van der Waals surface area contributed by atoms with Gasteiger partial charge in [-0.05, 0) is 57.1 Å². The zero-order chi connectivity index (χ0) is 19.8. The van der Waals surface area contributed by atoms with E-state index in [0.717, 1.165) is 38.9 Å². The molecule has 1 heterocycles. The Balaban J connectivity index is 1.68. The van der Waals surface area contributed by atoms with Gasteiger partial charge >= 0.3 is 6.03 Å². The molecule has 27 heavy (non-hydrogen) atoms. The van der Waals surface area contributed by atoms with Crippen molar-refractivity contribution in [2.24, 2.45) is 11.7 Å². The average Bonchev–Trinajstić information content (AvgIpc) is 2.61. The Morgan fingerprint density at radius 3 is 2.56 bits per heavy atom. The van der Waals surface area contributed by atoms with Crippen LogP contribution < -0.4 is 21.7 Å². The maximum Gasteiger partial charge on any atom is 0.319 e. The molecule has 0 aliphatic carbocycles. The Morgan fingerprint density at radius 2 is 1.93 bits per heavy atom. The summed E-state index contributed by atoms with van der Waals surface area (Å²) in [5.74, 6) is -1.22. The van der Waals surface area contributed by atoms with Crippen LogP contribution in [0, 0.1) is 11.7 Å². The maximum atomic E-state index is 13.6. The van der Waals surface area contributed by atoms with E-state index in [4.69, 9.17) is 5.73 Å². The number of urea groups is 1. The fourth-order valence-electron chi connectivity index (χ4n) is 3.01. The minimum atomic E-state index is -0.573. The number of carbonyl (C=O) groups excluding carboxylic acids is 3. The van der Waals surface area contributed by atoms with Crippen LogP contribution >= 0.6 is 0 Å². The number of rotatable bonds is 7. The molecular formula is C18H26FN5O3. The van der Waals surface area contributed by atoms with Crippen molar-refractivity contribution in [2.75, 3.05) is 36.8 Å². The molecule has 0 atom stereocenters. The van der Waals surface area contributed by atoms with Crippen LogP contribution in [0.1, 0.15) is 26.2 Å². The van der Waals surface area contributed by atoms with Crippen molar-refractivity contribution in [2.45, 2.75) is 26.2 Å². The standard InChI is InChI=1S/C18H26FN5O3/c1-12(25)22-16-11-14(3-4-15(16)19)23-18(27)21-7-2-8-24-9-5-13(6-10-24)17(20)26/h3-4,11,13H,2,5-10H2,1H3,(H2,20,26)(H,22,25)(H2,21,23,27). The summed E-state index contributed by atoms with van der Waals surface area (Å²) in [5, 5.41) is 7.71. The van der Waals surface area contributed by atoms with Crippen molar-refractivity contribution in [3.05, 3.63) is 24.0 Å². The fraction of sp³-hybridized carbons (Fsp3) is 0.500. The summed E-state index contributed by atoms with van der Waals surface area (Å²) >= 11 is 0. The predicted molar refractivity (Wildman–Crippen MR) is 101 cm³/mol. The Labute approximate surface area is 157 Å². The van der Waals surface area contributed by atoms with Gasteiger partial charge in [0, 0.05) is 25.1 Å². The highest BCUT2D eigenvalue weighted by molar-refractivity contribution is 5.92. The second-order valence-corrected chi connectivity index (χ2v) is 6.63. The summed E-state index contributed by atoms with van der Waals surface area (Å²) in [7, 11) is 0. The Kier molecular flexibility index (Phi) is 7.54. The van der Waals surface area contributed by atoms with E-state index < -0.39 is 17.8 Å². The van der Waals surface area contributed by atoms with E-state index in [9.17, 15) is 18.8 Å². The van der Waals surface area contributed by atoms with Crippen LogP contribution in [0.15, 0.2) is 18.2 Å². The number of piperidine rings is 1. The number of amides is 4. The SMILES string of the molecule is CC(=O)Nc1cc(NC(=O)NCCCN2CCC(C(N)=O)CC2)ccc1F. The molecule has 4 amide bonds. The van der Waals surface area contributed by atoms with Crippen LogP contribution in [0.4, 0.5) is 20.6 Å². The van der Waals surface area contributed by atoms with E-state index in [1.807, 2.05) is 0 Å². The van der Waals surface area contributed by atoms with Crippen molar-refractivity contribution in [1.82, 2.24) is 10.2 Å². The predicted octanol–water partition coefficient (Wildman–Crippen LogP) is 1.49. The largest absolute Gasteiger partial charge is 0.369 e. The van der Waals surface area contributed by atoms with E-state index in [1.54, 1.807) is 0 Å². The molecule has 1 aromatic rings. The van der Waals surface area contributed by atoms with Gasteiger partial charge in [-0.15, -0.1) is 0 Å². The molecule has 1 aromatic carbocycles. The lowest BCUT2D eigenvalue weighted by molar-refractivity contribution is -0.123. The van der Waals surface area contributed by atoms with Crippen LogP contribution in [-0.4, -0.2) is 48.9 Å². The minimum absolute atomic E-state index is 0.0136. The van der Waals surface area contributed by atoms with Gasteiger partial charge < -0.3 is 26.6 Å². The number of benzene rings is 1. The molecule has 1 saturated heterocycles. The van der Waals surface area contributed by atoms with Gasteiger partial charge in [0.25, 0.3) is 0 Å². The number of hydrogen-bond donors (Lipinski definition) is 4. The third-order valence-electron chi connectivity index (χ3n) is 4.46. The minimum Gasteiger partial charge on any atom is -0.369 e. The van der Waals surface area contributed by atoms with Gasteiger partial charge in [0.05, 0.1) is 5.69 Å². The molecule has 1 fully saturated rings. The average molecular weight is 379 g/mol. The number of nitrogens with zero attached hydrogens (tertiary/aromatic N) is 1. The van der Waals surface area contributed by atoms with E-state index in [2.05, 4.69) is 20.9 Å². The molecule has 0 aromatic heterocycles. The molecule has 0 saturated carbocycles. The van der Waals surface area contributed by atoms with Crippen LogP contribution in [0.25, 0.3) is 0 Å². The summed E-state index contributed by atoms with van der Waals surface area (Å²) in [6.45, 7) is 4.27. The van der Waals surface area contributed by atoms with E-state index in [0.29, 0.717) is 12.2 Å². The number of nitrogens with two attached hydrogens (primary N) is 1. The molecule has 1 aliphatic rings. The Hall–Kier alpha value is -2.68. The quantitative estimate of drug-likeness (QED) is 0.537. The second kappa shape index (κ2) is 9.86. The summed E-state index contributed by atoms with van der Waals surface area (Å²) < 4.78 is 13.6. The summed E-state index contributed by atoms with van der Waals surface area (Å²) in [4.78, 5) is 36.4. The van der Waals surface area contributed by atoms with Gasteiger partial charge in [0.2, 0.25) is 11.8 Å². The summed E-state index contributed by atoms with van der Waals surface area (Å²) in [6, 6.07) is 3.56. The lowest BCUT2D eigenvalue weighted by Crippen LogP contribution is -2.40. The van der Waals surface area contributed by atoms with E-state index in [1.165, 1.54) is 25.1 Å². The molecule has 9 heteroatoms. The van der Waals surface area contributed by atoms with Crippen molar-refractivity contribution < 1.29 is 18.8 Å². The van der Waals surface area contributed by atoms with Gasteiger partial charge in [-0.2, -0.15) is 0 Å². The van der Waals surface area contributed by atoms with Crippen LogP contribution in [0.3, 0.4) is 0 Å². The Bertz CT molecular complexity index is 690.